The third kappa shape index (κ3) is 3.57. The van der Waals surface area contributed by atoms with Crippen molar-refractivity contribution in [2.24, 2.45) is 13.0 Å². The van der Waals surface area contributed by atoms with Crippen LogP contribution in [0.15, 0.2) is 6.20 Å². The highest BCUT2D eigenvalue weighted by Crippen LogP contribution is 2.34. The lowest BCUT2D eigenvalue weighted by molar-refractivity contribution is -0.0287. The minimum Gasteiger partial charge on any atom is -0.373 e. The highest BCUT2D eigenvalue weighted by atomic mass is 16.5. The van der Waals surface area contributed by atoms with Crippen LogP contribution in [0, 0.1) is 5.92 Å². The van der Waals surface area contributed by atoms with Gasteiger partial charge in [0.15, 0.2) is 0 Å². The van der Waals surface area contributed by atoms with Crippen LogP contribution >= 0.6 is 0 Å². The summed E-state index contributed by atoms with van der Waals surface area (Å²) in [7, 11) is 1.99. The summed E-state index contributed by atoms with van der Waals surface area (Å²) in [6.07, 6.45) is 5.73. The molecule has 0 saturated carbocycles. The van der Waals surface area contributed by atoms with Gasteiger partial charge in [0.25, 0.3) is 0 Å². The van der Waals surface area contributed by atoms with Crippen LogP contribution in [0.5, 0.6) is 0 Å². The number of nitrogens with zero attached hydrogens (tertiary/aromatic N) is 2. The number of rotatable bonds is 5. The predicted molar refractivity (Wildman–Crippen MR) is 77.1 cm³/mol. The summed E-state index contributed by atoms with van der Waals surface area (Å²) in [4.78, 5) is 0. The van der Waals surface area contributed by atoms with E-state index in [1.54, 1.807) is 0 Å². The molecule has 4 nitrogen and oxygen atoms in total. The molecule has 1 fully saturated rings. The quantitative estimate of drug-likeness (QED) is 0.889. The summed E-state index contributed by atoms with van der Waals surface area (Å²) in [5, 5.41) is 8.10. The smallest absolute Gasteiger partial charge is 0.0898 e. The van der Waals surface area contributed by atoms with Crippen LogP contribution in [0.4, 0.5) is 0 Å². The van der Waals surface area contributed by atoms with Gasteiger partial charge in [-0.1, -0.05) is 20.8 Å². The number of hydrogen-bond donors (Lipinski definition) is 1. The number of hydrogen-bond acceptors (Lipinski definition) is 3. The maximum atomic E-state index is 6.07. The van der Waals surface area contributed by atoms with Gasteiger partial charge in [-0.25, -0.2) is 0 Å². The fraction of sp³-hybridized carbons (Fsp3) is 0.800. The minimum absolute atomic E-state index is 0.212. The molecule has 1 aliphatic heterocycles. The Morgan fingerprint density at radius 1 is 1.53 bits per heavy atom. The van der Waals surface area contributed by atoms with E-state index in [4.69, 9.17) is 4.74 Å². The van der Waals surface area contributed by atoms with Crippen molar-refractivity contribution in [3.63, 3.8) is 0 Å². The Balaban J connectivity index is 2.13. The van der Waals surface area contributed by atoms with E-state index in [1.165, 1.54) is 24.1 Å². The van der Waals surface area contributed by atoms with Crippen molar-refractivity contribution in [2.75, 3.05) is 13.2 Å². The first-order valence-electron chi connectivity index (χ1n) is 7.49. The van der Waals surface area contributed by atoms with Gasteiger partial charge in [-0.05, 0) is 19.3 Å². The maximum Gasteiger partial charge on any atom is 0.0898 e. The molecule has 1 saturated heterocycles. The molecule has 108 valence electrons. The fourth-order valence-corrected chi connectivity index (χ4v) is 2.85. The summed E-state index contributed by atoms with van der Waals surface area (Å²) in [6.45, 7) is 8.46. The van der Waals surface area contributed by atoms with E-state index in [0.717, 1.165) is 19.6 Å². The summed E-state index contributed by atoms with van der Waals surface area (Å²) in [5.74, 6) is 0.561. The first-order chi connectivity index (χ1) is 9.11. The molecule has 0 spiro atoms. The van der Waals surface area contributed by atoms with E-state index in [-0.39, 0.29) is 6.10 Å². The van der Waals surface area contributed by atoms with Crippen LogP contribution in [0.25, 0.3) is 0 Å². The average Bonchev–Trinajstić information content (AvgIpc) is 2.77. The lowest BCUT2D eigenvalue weighted by atomic mass is 9.89. The zero-order valence-electron chi connectivity index (χ0n) is 12.6. The monoisotopic (exact) mass is 265 g/mol. The lowest BCUT2D eigenvalue weighted by Crippen LogP contribution is -2.35. The van der Waals surface area contributed by atoms with Crippen molar-refractivity contribution < 1.29 is 4.74 Å². The molecule has 0 bridgehead atoms. The predicted octanol–water partition coefficient (Wildman–Crippen LogP) is 2.45. The molecule has 2 atom stereocenters. The van der Waals surface area contributed by atoms with Gasteiger partial charge < -0.3 is 10.1 Å². The van der Waals surface area contributed by atoms with Gasteiger partial charge in [-0.3, -0.25) is 4.68 Å². The Hall–Kier alpha value is -0.870. The largest absolute Gasteiger partial charge is 0.373 e. The Morgan fingerprint density at radius 2 is 2.32 bits per heavy atom. The van der Waals surface area contributed by atoms with E-state index in [9.17, 15) is 0 Å². The second-order valence-corrected chi connectivity index (χ2v) is 5.82. The summed E-state index contributed by atoms with van der Waals surface area (Å²) in [6, 6.07) is 0.530. The molecule has 2 heterocycles. The topological polar surface area (TPSA) is 39.1 Å². The summed E-state index contributed by atoms with van der Waals surface area (Å²) >= 11 is 0. The van der Waals surface area contributed by atoms with E-state index < -0.39 is 0 Å². The van der Waals surface area contributed by atoms with Crippen molar-refractivity contribution in [3.05, 3.63) is 17.5 Å². The Morgan fingerprint density at radius 3 is 3.00 bits per heavy atom. The molecule has 1 aromatic heterocycles. The third-order valence-electron chi connectivity index (χ3n) is 3.81. The fourth-order valence-electron chi connectivity index (χ4n) is 2.85. The molecular formula is C15H27N3O. The van der Waals surface area contributed by atoms with Gasteiger partial charge in [-0.2, -0.15) is 5.10 Å². The van der Waals surface area contributed by atoms with E-state index in [2.05, 4.69) is 37.4 Å². The molecule has 0 radical (unpaired) electrons. The van der Waals surface area contributed by atoms with Crippen LogP contribution in [0.1, 0.15) is 51.0 Å². The molecule has 1 aliphatic rings. The highest BCUT2D eigenvalue weighted by Gasteiger charge is 2.30. The SMILES string of the molecule is CCc1nn(C)cc1C1OCCCC1CNC(C)C. The number of nitrogens with one attached hydrogen (secondary N) is 1. The molecule has 2 rings (SSSR count). The zero-order valence-corrected chi connectivity index (χ0v) is 12.6. The van der Waals surface area contributed by atoms with E-state index in [1.807, 2.05) is 11.7 Å². The van der Waals surface area contributed by atoms with Crippen LogP contribution in [0.2, 0.25) is 0 Å². The summed E-state index contributed by atoms with van der Waals surface area (Å²) < 4.78 is 7.99. The van der Waals surface area contributed by atoms with Crippen LogP contribution < -0.4 is 5.32 Å². The van der Waals surface area contributed by atoms with Crippen molar-refractivity contribution >= 4 is 0 Å². The Kier molecular flexibility index (Phi) is 4.99. The molecule has 0 amide bonds. The van der Waals surface area contributed by atoms with Gasteiger partial charge in [0, 0.05) is 43.9 Å². The van der Waals surface area contributed by atoms with Gasteiger partial charge in [0.05, 0.1) is 11.8 Å². The lowest BCUT2D eigenvalue weighted by Gasteiger charge is -2.32. The van der Waals surface area contributed by atoms with Crippen LogP contribution in [-0.4, -0.2) is 29.0 Å². The normalized spacial score (nSPS) is 24.1. The third-order valence-corrected chi connectivity index (χ3v) is 3.81. The standard InChI is InChI=1S/C15H27N3O/c1-5-14-13(10-18(4)17-14)15-12(7-6-8-19-15)9-16-11(2)3/h10-12,15-16H,5-9H2,1-4H3. The molecule has 2 unspecified atom stereocenters. The Labute approximate surface area is 116 Å². The molecule has 1 N–H and O–H groups in total. The van der Waals surface area contributed by atoms with Gasteiger partial charge in [0.1, 0.15) is 0 Å². The van der Waals surface area contributed by atoms with Crippen molar-refractivity contribution in [3.8, 4) is 0 Å². The number of ether oxygens (including phenoxy) is 1. The molecule has 0 aliphatic carbocycles. The van der Waals surface area contributed by atoms with Crippen molar-refractivity contribution in [2.45, 2.75) is 52.2 Å². The number of aryl methyl sites for hydroxylation is 2. The molecular weight excluding hydrogens is 238 g/mol. The van der Waals surface area contributed by atoms with Gasteiger partial charge in [-0.15, -0.1) is 0 Å². The van der Waals surface area contributed by atoms with Crippen LogP contribution in [0.3, 0.4) is 0 Å². The molecule has 1 aromatic rings. The average molecular weight is 265 g/mol. The van der Waals surface area contributed by atoms with E-state index in [0.29, 0.717) is 12.0 Å². The highest BCUT2D eigenvalue weighted by molar-refractivity contribution is 5.21. The van der Waals surface area contributed by atoms with E-state index >= 15 is 0 Å². The second-order valence-electron chi connectivity index (χ2n) is 5.82. The minimum atomic E-state index is 0.212. The molecule has 19 heavy (non-hydrogen) atoms. The van der Waals surface area contributed by atoms with Gasteiger partial charge in [0.2, 0.25) is 0 Å². The Bertz CT molecular complexity index is 400. The van der Waals surface area contributed by atoms with Gasteiger partial charge >= 0.3 is 0 Å². The van der Waals surface area contributed by atoms with Crippen LogP contribution in [-0.2, 0) is 18.2 Å². The van der Waals surface area contributed by atoms with Crippen molar-refractivity contribution in [1.29, 1.82) is 0 Å². The van der Waals surface area contributed by atoms with Crippen molar-refractivity contribution in [1.82, 2.24) is 15.1 Å². The first kappa shape index (κ1) is 14.5. The maximum absolute atomic E-state index is 6.07. The molecule has 4 heteroatoms. The molecule has 0 aromatic carbocycles. The number of aromatic nitrogens is 2. The zero-order chi connectivity index (χ0) is 13.8. The first-order valence-corrected chi connectivity index (χ1v) is 7.49. The summed E-state index contributed by atoms with van der Waals surface area (Å²) in [5.41, 5.74) is 2.48. The second kappa shape index (κ2) is 6.53.